The second kappa shape index (κ2) is 8.55. The topological polar surface area (TPSA) is 63.9 Å². The molecule has 0 aliphatic carbocycles. The summed E-state index contributed by atoms with van der Waals surface area (Å²) in [5.41, 5.74) is 2.67. The summed E-state index contributed by atoms with van der Waals surface area (Å²) in [7, 11) is 0. The molecule has 0 bridgehead atoms. The minimum Gasteiger partial charge on any atom is -0.339 e. The number of para-hydroxylation sites is 1. The van der Waals surface area contributed by atoms with E-state index in [1.54, 1.807) is 12.3 Å². The lowest BCUT2D eigenvalue weighted by molar-refractivity contribution is 0.0724. The van der Waals surface area contributed by atoms with Gasteiger partial charge in [-0.3, -0.25) is 9.36 Å². The zero-order valence-corrected chi connectivity index (χ0v) is 18.0. The largest absolute Gasteiger partial charge is 0.339 e. The zero-order valence-electron chi connectivity index (χ0n) is 16.4. The average Bonchev–Trinajstić information content (AvgIpc) is 3.10. The second-order valence-electron chi connectivity index (χ2n) is 7.12. The van der Waals surface area contributed by atoms with Gasteiger partial charge in [0.15, 0.2) is 0 Å². The number of rotatable bonds is 4. The number of aryl methyl sites for hydroxylation is 2. The van der Waals surface area contributed by atoms with Gasteiger partial charge in [-0.2, -0.15) is 0 Å². The molecular weight excluding hydrogens is 406 g/mol. The number of hydrogen-bond acceptors (Lipinski definition) is 5. The fourth-order valence-electron chi connectivity index (χ4n) is 3.48. The van der Waals surface area contributed by atoms with Gasteiger partial charge in [-0.05, 0) is 62.6 Å². The molecule has 0 spiro atoms. The van der Waals surface area contributed by atoms with Crippen molar-refractivity contribution in [2.24, 2.45) is 0 Å². The third kappa shape index (κ3) is 4.16. The summed E-state index contributed by atoms with van der Waals surface area (Å²) in [5.74, 6) is 0.782. The van der Waals surface area contributed by atoms with Gasteiger partial charge >= 0.3 is 0 Å². The van der Waals surface area contributed by atoms with Crippen molar-refractivity contribution in [3.63, 3.8) is 0 Å². The van der Waals surface area contributed by atoms with Crippen molar-refractivity contribution >= 4 is 29.3 Å². The van der Waals surface area contributed by atoms with Gasteiger partial charge in [-0.25, -0.2) is 4.98 Å². The smallest absolute Gasteiger partial charge is 0.255 e. The van der Waals surface area contributed by atoms with Crippen LogP contribution >= 0.6 is 23.4 Å². The fraction of sp³-hybridized carbons (Fsp3) is 0.333. The average molecular weight is 428 g/mol. The van der Waals surface area contributed by atoms with E-state index in [9.17, 15) is 4.79 Å². The summed E-state index contributed by atoms with van der Waals surface area (Å²) in [6.45, 7) is 5.56. The number of pyridine rings is 1. The molecule has 3 heterocycles. The molecule has 2 aromatic heterocycles. The number of benzene rings is 1. The van der Waals surface area contributed by atoms with E-state index < -0.39 is 0 Å². The van der Waals surface area contributed by atoms with Crippen LogP contribution in [0.3, 0.4) is 0 Å². The fourth-order valence-corrected chi connectivity index (χ4v) is 4.60. The predicted molar refractivity (Wildman–Crippen MR) is 114 cm³/mol. The van der Waals surface area contributed by atoms with E-state index in [4.69, 9.17) is 11.6 Å². The molecule has 0 saturated carbocycles. The van der Waals surface area contributed by atoms with E-state index in [0.717, 1.165) is 43.0 Å². The van der Waals surface area contributed by atoms with E-state index in [-0.39, 0.29) is 5.91 Å². The summed E-state index contributed by atoms with van der Waals surface area (Å²) in [4.78, 5) is 19.0. The summed E-state index contributed by atoms with van der Waals surface area (Å²) in [5, 5.41) is 10.3. The van der Waals surface area contributed by atoms with Crippen molar-refractivity contribution in [1.29, 1.82) is 0 Å². The first-order valence-electron chi connectivity index (χ1n) is 9.65. The van der Waals surface area contributed by atoms with Gasteiger partial charge in [0.25, 0.3) is 5.91 Å². The van der Waals surface area contributed by atoms with E-state index >= 15 is 0 Å². The monoisotopic (exact) mass is 427 g/mol. The van der Waals surface area contributed by atoms with Crippen LogP contribution in [-0.2, 0) is 0 Å². The molecule has 1 amide bonds. The van der Waals surface area contributed by atoms with E-state index in [0.29, 0.717) is 20.8 Å². The van der Waals surface area contributed by atoms with Gasteiger partial charge in [0.05, 0.1) is 16.3 Å². The molecule has 0 atom stereocenters. The number of nitrogens with zero attached hydrogens (tertiary/aromatic N) is 5. The number of amides is 1. The molecule has 1 fully saturated rings. The zero-order chi connectivity index (χ0) is 20.4. The Hall–Kier alpha value is -2.38. The third-order valence-electron chi connectivity index (χ3n) is 5.04. The molecule has 1 aromatic carbocycles. The Kier molecular flexibility index (Phi) is 5.87. The van der Waals surface area contributed by atoms with Crippen LogP contribution in [0.2, 0.25) is 5.02 Å². The van der Waals surface area contributed by atoms with Crippen molar-refractivity contribution in [1.82, 2.24) is 24.6 Å². The Morgan fingerprint density at radius 1 is 1.10 bits per heavy atom. The highest BCUT2D eigenvalue weighted by Crippen LogP contribution is 2.33. The van der Waals surface area contributed by atoms with Gasteiger partial charge in [0, 0.05) is 19.3 Å². The quantitative estimate of drug-likeness (QED) is 0.603. The van der Waals surface area contributed by atoms with Gasteiger partial charge in [0.2, 0.25) is 5.16 Å². The van der Waals surface area contributed by atoms with Crippen LogP contribution in [0.1, 0.15) is 41.0 Å². The minimum absolute atomic E-state index is 0.00503. The maximum atomic E-state index is 12.7. The molecule has 0 unspecified atom stereocenters. The number of carbonyl (C=O) groups is 1. The molecule has 4 rings (SSSR count). The predicted octanol–water partition coefficient (Wildman–Crippen LogP) is 4.71. The number of piperidine rings is 1. The molecular formula is C21H22ClN5OS. The van der Waals surface area contributed by atoms with E-state index in [2.05, 4.69) is 28.2 Å². The summed E-state index contributed by atoms with van der Waals surface area (Å²) < 4.78 is 1.99. The first kappa shape index (κ1) is 19.9. The van der Waals surface area contributed by atoms with Gasteiger partial charge in [-0.15, -0.1) is 10.2 Å². The van der Waals surface area contributed by atoms with Crippen LogP contribution in [0, 0.1) is 13.8 Å². The Bertz CT molecular complexity index is 1050. The molecule has 3 aromatic rings. The standard InChI is InChI=1S/C21H22ClN5OS/c1-14-8-4-5-9-18(14)27-15(2)24-25-21(27)29-19-17(22)12-16(13-23-19)20(28)26-10-6-3-7-11-26/h4-5,8-9,12-13H,3,6-7,10-11H2,1-2H3. The van der Waals surface area contributed by atoms with Crippen molar-refractivity contribution < 1.29 is 4.79 Å². The number of hydrogen-bond donors (Lipinski definition) is 0. The Balaban J connectivity index is 1.60. The Morgan fingerprint density at radius 2 is 1.86 bits per heavy atom. The van der Waals surface area contributed by atoms with Crippen molar-refractivity contribution in [2.45, 2.75) is 43.3 Å². The SMILES string of the molecule is Cc1ccccc1-n1c(C)nnc1Sc1ncc(C(=O)N2CCCCC2)cc1Cl. The number of likely N-dealkylation sites (tertiary alicyclic amines) is 1. The van der Waals surface area contributed by atoms with E-state index in [1.807, 2.05) is 34.6 Å². The van der Waals surface area contributed by atoms with Crippen LogP contribution in [0.5, 0.6) is 0 Å². The number of aromatic nitrogens is 4. The first-order chi connectivity index (χ1) is 14.0. The van der Waals surface area contributed by atoms with Crippen molar-refractivity contribution in [2.75, 3.05) is 13.1 Å². The third-order valence-corrected chi connectivity index (χ3v) is 6.40. The highest BCUT2D eigenvalue weighted by atomic mass is 35.5. The summed E-state index contributed by atoms with van der Waals surface area (Å²) in [6, 6.07) is 9.78. The first-order valence-corrected chi connectivity index (χ1v) is 10.8. The highest BCUT2D eigenvalue weighted by molar-refractivity contribution is 7.99. The molecule has 0 N–H and O–H groups in total. The lowest BCUT2D eigenvalue weighted by atomic mass is 10.1. The maximum absolute atomic E-state index is 12.7. The van der Waals surface area contributed by atoms with Gasteiger partial charge in [0.1, 0.15) is 10.9 Å². The lowest BCUT2D eigenvalue weighted by Gasteiger charge is -2.26. The normalized spacial score (nSPS) is 14.2. The van der Waals surface area contributed by atoms with Crippen LogP contribution < -0.4 is 0 Å². The van der Waals surface area contributed by atoms with Gasteiger partial charge < -0.3 is 4.90 Å². The molecule has 0 radical (unpaired) electrons. The van der Waals surface area contributed by atoms with E-state index in [1.165, 1.54) is 18.2 Å². The molecule has 1 saturated heterocycles. The van der Waals surface area contributed by atoms with Crippen LogP contribution in [0.4, 0.5) is 0 Å². The number of carbonyl (C=O) groups excluding carboxylic acids is 1. The van der Waals surface area contributed by atoms with Crippen molar-refractivity contribution in [3.05, 3.63) is 58.5 Å². The number of halogens is 1. The molecule has 6 nitrogen and oxygen atoms in total. The molecule has 8 heteroatoms. The highest BCUT2D eigenvalue weighted by Gasteiger charge is 2.21. The molecule has 1 aliphatic heterocycles. The molecule has 150 valence electrons. The van der Waals surface area contributed by atoms with Crippen molar-refractivity contribution in [3.8, 4) is 5.69 Å². The summed E-state index contributed by atoms with van der Waals surface area (Å²) in [6.07, 6.45) is 4.88. The van der Waals surface area contributed by atoms with Gasteiger partial charge in [-0.1, -0.05) is 29.8 Å². The minimum atomic E-state index is -0.00503. The molecule has 1 aliphatic rings. The van der Waals surface area contributed by atoms with Crippen LogP contribution in [0.25, 0.3) is 5.69 Å². The van der Waals surface area contributed by atoms with Crippen LogP contribution in [-0.4, -0.2) is 43.6 Å². The maximum Gasteiger partial charge on any atom is 0.255 e. The second-order valence-corrected chi connectivity index (χ2v) is 8.48. The Labute approximate surface area is 179 Å². The lowest BCUT2D eigenvalue weighted by Crippen LogP contribution is -2.35. The van der Waals surface area contributed by atoms with Crippen LogP contribution in [0.15, 0.2) is 46.7 Å². The molecule has 29 heavy (non-hydrogen) atoms. The summed E-state index contributed by atoms with van der Waals surface area (Å²) >= 11 is 7.83. The Morgan fingerprint density at radius 3 is 2.59 bits per heavy atom.